The van der Waals surface area contributed by atoms with E-state index in [4.69, 9.17) is 11.5 Å². The molecule has 0 aliphatic carbocycles. The van der Waals surface area contributed by atoms with Gasteiger partial charge in [0.25, 0.3) is 0 Å². The number of primary amides is 1. The third-order valence-corrected chi connectivity index (χ3v) is 2.50. The molecule has 5 N–H and O–H groups in total. The number of amides is 2. The lowest BCUT2D eigenvalue weighted by atomic mass is 10.1. The normalized spacial score (nSPS) is 13.3. The summed E-state index contributed by atoms with van der Waals surface area (Å²) in [5, 5.41) is 2.33. The first-order valence-corrected chi connectivity index (χ1v) is 5.78. The number of nitrogens with two attached hydrogens (primary N) is 2. The van der Waals surface area contributed by atoms with Gasteiger partial charge in [0, 0.05) is 0 Å². The summed E-state index contributed by atoms with van der Waals surface area (Å²) in [5.41, 5.74) is 11.6. The fourth-order valence-corrected chi connectivity index (χ4v) is 1.56. The van der Waals surface area contributed by atoms with Crippen molar-refractivity contribution in [2.75, 3.05) is 0 Å². The molecule has 19 heavy (non-hydrogen) atoms. The maximum absolute atomic E-state index is 11.7. The molecule has 0 aliphatic rings. The first kappa shape index (κ1) is 14.8. The summed E-state index contributed by atoms with van der Waals surface area (Å²) in [6.45, 7) is 0. The number of carbonyl (C=O) groups excluding carboxylic acids is 3. The van der Waals surface area contributed by atoms with Crippen LogP contribution in [0, 0.1) is 0 Å². The van der Waals surface area contributed by atoms with Crippen LogP contribution in [0.3, 0.4) is 0 Å². The number of carbonyl (C=O) groups is 2. The molecule has 6 heteroatoms. The zero-order valence-corrected chi connectivity index (χ0v) is 10.3. The zero-order valence-electron chi connectivity index (χ0n) is 10.3. The Morgan fingerprint density at radius 2 is 1.89 bits per heavy atom. The first-order chi connectivity index (χ1) is 9.02. The predicted molar refractivity (Wildman–Crippen MR) is 69.6 cm³/mol. The lowest BCUT2D eigenvalue weighted by Crippen LogP contribution is -2.48. The molecule has 2 atom stereocenters. The highest BCUT2D eigenvalue weighted by atomic mass is 16.2. The molecule has 0 fully saturated rings. The van der Waals surface area contributed by atoms with Gasteiger partial charge in [-0.15, -0.1) is 0 Å². The van der Waals surface area contributed by atoms with Gasteiger partial charge in [-0.1, -0.05) is 30.3 Å². The molecule has 1 rings (SSSR count). The fourth-order valence-electron chi connectivity index (χ4n) is 1.56. The lowest BCUT2D eigenvalue weighted by molar-refractivity contribution is -0.123. The molecule has 0 unspecified atom stereocenters. The molecule has 6 nitrogen and oxygen atoms in total. The fraction of sp³-hybridized carbons (Fsp3) is 0.308. The minimum absolute atomic E-state index is 0.284. The molecule has 1 aromatic rings. The van der Waals surface area contributed by atoms with E-state index in [0.29, 0.717) is 6.42 Å². The first-order valence-electron chi connectivity index (χ1n) is 5.78. The smallest absolute Gasteiger partial charge is 0.237 e. The number of rotatable bonds is 7. The van der Waals surface area contributed by atoms with Crippen molar-refractivity contribution in [2.45, 2.75) is 24.9 Å². The Kier molecular flexibility index (Phi) is 5.69. The quantitative estimate of drug-likeness (QED) is 0.586. The van der Waals surface area contributed by atoms with E-state index in [1.54, 1.807) is 6.29 Å². The summed E-state index contributed by atoms with van der Waals surface area (Å²) in [6.07, 6.45) is 1.60. The molecule has 0 bridgehead atoms. The van der Waals surface area contributed by atoms with E-state index in [1.165, 1.54) is 0 Å². The third kappa shape index (κ3) is 5.31. The summed E-state index contributed by atoms with van der Waals surface area (Å²) in [4.78, 5) is 33.0. The molecule has 0 saturated heterocycles. The van der Waals surface area contributed by atoms with Gasteiger partial charge in [0.1, 0.15) is 6.04 Å². The predicted octanol–water partition coefficient (Wildman–Crippen LogP) is -0.974. The number of hydrogen-bond donors (Lipinski definition) is 3. The van der Waals surface area contributed by atoms with E-state index < -0.39 is 23.9 Å². The van der Waals surface area contributed by atoms with Crippen molar-refractivity contribution in [2.24, 2.45) is 11.5 Å². The maximum Gasteiger partial charge on any atom is 0.237 e. The van der Waals surface area contributed by atoms with Crippen LogP contribution < -0.4 is 16.8 Å². The van der Waals surface area contributed by atoms with Gasteiger partial charge in [-0.3, -0.25) is 14.4 Å². The Hall–Kier alpha value is -2.21. The van der Waals surface area contributed by atoms with Gasteiger partial charge in [0.2, 0.25) is 18.1 Å². The van der Waals surface area contributed by atoms with Crippen LogP contribution in [0.2, 0.25) is 0 Å². The third-order valence-electron chi connectivity index (χ3n) is 2.50. The van der Waals surface area contributed by atoms with Crippen LogP contribution in [-0.4, -0.2) is 30.2 Å². The molecule has 0 aliphatic heterocycles. The molecule has 0 aromatic heterocycles. The van der Waals surface area contributed by atoms with E-state index in [9.17, 15) is 14.4 Å². The van der Waals surface area contributed by atoms with Crippen molar-refractivity contribution >= 4 is 18.1 Å². The molecule has 2 amide bonds. The second-order valence-corrected chi connectivity index (χ2v) is 4.15. The SMILES string of the molecule is NC(=O)C[C@@H]([C]=O)NC(=O)[C@@H](N)Cc1ccccc1. The van der Waals surface area contributed by atoms with E-state index in [1.807, 2.05) is 30.3 Å². The number of nitrogens with one attached hydrogen (secondary N) is 1. The molecule has 1 radical (unpaired) electrons. The highest BCUT2D eigenvalue weighted by Crippen LogP contribution is 2.02. The monoisotopic (exact) mass is 262 g/mol. The van der Waals surface area contributed by atoms with Crippen molar-refractivity contribution in [3.8, 4) is 0 Å². The highest BCUT2D eigenvalue weighted by molar-refractivity contribution is 5.87. The Morgan fingerprint density at radius 3 is 2.42 bits per heavy atom. The van der Waals surface area contributed by atoms with Gasteiger partial charge in [-0.2, -0.15) is 0 Å². The Morgan fingerprint density at radius 1 is 1.26 bits per heavy atom. The van der Waals surface area contributed by atoms with Crippen LogP contribution in [0.1, 0.15) is 12.0 Å². The Bertz CT molecular complexity index is 448. The molecule has 1 aromatic carbocycles. The van der Waals surface area contributed by atoms with E-state index in [-0.39, 0.29) is 6.42 Å². The maximum atomic E-state index is 11.7. The minimum atomic E-state index is -1.05. The van der Waals surface area contributed by atoms with Gasteiger partial charge < -0.3 is 16.8 Å². The van der Waals surface area contributed by atoms with Crippen molar-refractivity contribution in [3.63, 3.8) is 0 Å². The zero-order chi connectivity index (χ0) is 14.3. The van der Waals surface area contributed by atoms with Gasteiger partial charge >= 0.3 is 0 Å². The topological polar surface area (TPSA) is 115 Å². The summed E-state index contributed by atoms with van der Waals surface area (Å²) in [7, 11) is 0. The van der Waals surface area contributed by atoms with Crippen molar-refractivity contribution in [3.05, 3.63) is 35.9 Å². The molecular formula is C13H16N3O3. The van der Waals surface area contributed by atoms with E-state index in [0.717, 1.165) is 5.56 Å². The summed E-state index contributed by atoms with van der Waals surface area (Å²) >= 11 is 0. The lowest BCUT2D eigenvalue weighted by Gasteiger charge is -2.15. The molecular weight excluding hydrogens is 246 g/mol. The van der Waals surface area contributed by atoms with Crippen LogP contribution in [0.25, 0.3) is 0 Å². The van der Waals surface area contributed by atoms with Gasteiger partial charge in [0.15, 0.2) is 0 Å². The minimum Gasteiger partial charge on any atom is -0.370 e. The van der Waals surface area contributed by atoms with E-state index >= 15 is 0 Å². The van der Waals surface area contributed by atoms with Crippen LogP contribution in [0.15, 0.2) is 30.3 Å². The summed E-state index contributed by atoms with van der Waals surface area (Å²) in [5.74, 6) is -1.20. The average molecular weight is 262 g/mol. The second kappa shape index (κ2) is 7.27. The van der Waals surface area contributed by atoms with Crippen LogP contribution in [0.5, 0.6) is 0 Å². The summed E-state index contributed by atoms with van der Waals surface area (Å²) in [6, 6.07) is 7.39. The van der Waals surface area contributed by atoms with Crippen LogP contribution in [0.4, 0.5) is 0 Å². The number of hydrogen-bond acceptors (Lipinski definition) is 4. The highest BCUT2D eigenvalue weighted by Gasteiger charge is 2.19. The standard InChI is InChI=1S/C13H16N3O3/c14-11(6-9-4-2-1-3-5-9)13(19)16-10(8-17)7-12(15)18/h1-5,10-11H,6-7,14H2,(H2,15,18)(H,16,19)/t10-,11-/m0/s1. The largest absolute Gasteiger partial charge is 0.370 e. The van der Waals surface area contributed by atoms with Gasteiger partial charge in [-0.25, -0.2) is 0 Å². The second-order valence-electron chi connectivity index (χ2n) is 4.15. The van der Waals surface area contributed by atoms with Crippen LogP contribution in [-0.2, 0) is 20.8 Å². The van der Waals surface area contributed by atoms with Crippen molar-refractivity contribution < 1.29 is 14.4 Å². The van der Waals surface area contributed by atoms with Gasteiger partial charge in [-0.05, 0) is 12.0 Å². The van der Waals surface area contributed by atoms with Crippen LogP contribution >= 0.6 is 0 Å². The van der Waals surface area contributed by atoms with Crippen molar-refractivity contribution in [1.82, 2.24) is 5.32 Å². The Labute approximate surface area is 111 Å². The molecule has 0 spiro atoms. The number of benzene rings is 1. The van der Waals surface area contributed by atoms with E-state index in [2.05, 4.69) is 5.32 Å². The van der Waals surface area contributed by atoms with Gasteiger partial charge in [0.05, 0.1) is 12.5 Å². The summed E-state index contributed by atoms with van der Waals surface area (Å²) < 4.78 is 0. The molecule has 0 saturated carbocycles. The van der Waals surface area contributed by atoms with Crippen molar-refractivity contribution in [1.29, 1.82) is 0 Å². The Balaban J connectivity index is 2.52. The average Bonchev–Trinajstić information content (AvgIpc) is 2.38. The molecule has 0 heterocycles. The molecule has 101 valence electrons.